The van der Waals surface area contributed by atoms with Gasteiger partial charge < -0.3 is 26.4 Å². The van der Waals surface area contributed by atoms with Gasteiger partial charge in [0.25, 0.3) is 0 Å². The molecule has 0 fully saturated rings. The SMILES string of the molecule is N[C@@H](CC(=O)O)C(=O)N[C@@H](CCO)C(=O)O. The summed E-state index contributed by atoms with van der Waals surface area (Å²) in [5.74, 6) is -3.44. The predicted octanol–water partition coefficient (Wildman–Crippen LogP) is -2.26. The van der Waals surface area contributed by atoms with Crippen LogP contribution in [0.4, 0.5) is 0 Å². The van der Waals surface area contributed by atoms with Crippen molar-refractivity contribution in [1.82, 2.24) is 5.32 Å². The summed E-state index contributed by atoms with van der Waals surface area (Å²) in [6.45, 7) is -0.411. The quantitative estimate of drug-likeness (QED) is 0.333. The number of hydrogen-bond donors (Lipinski definition) is 5. The van der Waals surface area contributed by atoms with Crippen molar-refractivity contribution in [3.63, 3.8) is 0 Å². The van der Waals surface area contributed by atoms with Crippen molar-refractivity contribution in [2.24, 2.45) is 5.73 Å². The Hall–Kier alpha value is -1.67. The topological polar surface area (TPSA) is 150 Å². The molecule has 0 aliphatic heterocycles. The molecule has 0 unspecified atom stereocenters. The molecule has 1 amide bonds. The average Bonchev–Trinajstić information content (AvgIpc) is 2.15. The highest BCUT2D eigenvalue weighted by molar-refractivity contribution is 5.89. The van der Waals surface area contributed by atoms with Crippen LogP contribution in [0.2, 0.25) is 0 Å². The molecule has 0 radical (unpaired) electrons. The number of nitrogens with one attached hydrogen (secondary N) is 1. The number of nitrogens with two attached hydrogens (primary N) is 1. The molecule has 2 atom stereocenters. The van der Waals surface area contributed by atoms with Crippen LogP contribution in [0.5, 0.6) is 0 Å². The Bertz CT molecular complexity index is 280. The molecule has 0 bridgehead atoms. The first-order valence-corrected chi connectivity index (χ1v) is 4.50. The summed E-state index contributed by atoms with van der Waals surface area (Å²) in [5.41, 5.74) is 5.21. The third-order valence-electron chi connectivity index (χ3n) is 1.76. The van der Waals surface area contributed by atoms with Gasteiger partial charge in [-0.05, 0) is 0 Å². The lowest BCUT2D eigenvalue weighted by atomic mass is 10.1. The molecule has 0 rings (SSSR count). The zero-order valence-corrected chi connectivity index (χ0v) is 8.42. The molecule has 92 valence electrons. The fraction of sp³-hybridized carbons (Fsp3) is 0.625. The summed E-state index contributed by atoms with van der Waals surface area (Å²) in [4.78, 5) is 32.1. The first kappa shape index (κ1) is 14.3. The van der Waals surface area contributed by atoms with Gasteiger partial charge in [0.1, 0.15) is 6.04 Å². The maximum atomic E-state index is 11.2. The van der Waals surface area contributed by atoms with E-state index in [0.29, 0.717) is 0 Å². The van der Waals surface area contributed by atoms with Crippen molar-refractivity contribution in [2.45, 2.75) is 24.9 Å². The minimum atomic E-state index is -1.31. The van der Waals surface area contributed by atoms with E-state index in [9.17, 15) is 14.4 Å². The molecule has 0 aromatic carbocycles. The normalized spacial score (nSPS) is 13.9. The maximum Gasteiger partial charge on any atom is 0.326 e. The molecule has 0 aliphatic carbocycles. The van der Waals surface area contributed by atoms with Gasteiger partial charge in [-0.25, -0.2) is 4.79 Å². The van der Waals surface area contributed by atoms with Gasteiger partial charge in [-0.1, -0.05) is 0 Å². The highest BCUT2D eigenvalue weighted by Crippen LogP contribution is 1.95. The first-order chi connectivity index (χ1) is 7.38. The van der Waals surface area contributed by atoms with Crippen LogP contribution in [-0.4, -0.2) is 51.9 Å². The zero-order valence-electron chi connectivity index (χ0n) is 8.42. The van der Waals surface area contributed by atoms with Crippen molar-refractivity contribution in [2.75, 3.05) is 6.61 Å². The molecule has 0 saturated heterocycles. The predicted molar refractivity (Wildman–Crippen MR) is 51.5 cm³/mol. The van der Waals surface area contributed by atoms with Crippen LogP contribution in [0.1, 0.15) is 12.8 Å². The Labute approximate surface area is 91.1 Å². The molecule has 16 heavy (non-hydrogen) atoms. The highest BCUT2D eigenvalue weighted by atomic mass is 16.4. The van der Waals surface area contributed by atoms with E-state index in [1.807, 2.05) is 5.32 Å². The number of aliphatic hydroxyl groups excluding tert-OH is 1. The molecule has 6 N–H and O–H groups in total. The molecule has 0 aromatic heterocycles. The number of carboxylic acids is 2. The lowest BCUT2D eigenvalue weighted by Gasteiger charge is -2.15. The number of hydrogen-bond acceptors (Lipinski definition) is 5. The van der Waals surface area contributed by atoms with Gasteiger partial charge in [0, 0.05) is 13.0 Å². The van der Waals surface area contributed by atoms with E-state index >= 15 is 0 Å². The van der Waals surface area contributed by atoms with Crippen LogP contribution < -0.4 is 11.1 Å². The van der Waals surface area contributed by atoms with E-state index in [-0.39, 0.29) is 6.42 Å². The second kappa shape index (κ2) is 6.75. The molecule has 0 aromatic rings. The monoisotopic (exact) mass is 234 g/mol. The fourth-order valence-electron chi connectivity index (χ4n) is 0.946. The van der Waals surface area contributed by atoms with Crippen molar-refractivity contribution in [3.05, 3.63) is 0 Å². The Morgan fingerprint density at radius 3 is 2.19 bits per heavy atom. The van der Waals surface area contributed by atoms with Crippen molar-refractivity contribution in [1.29, 1.82) is 0 Å². The smallest absolute Gasteiger partial charge is 0.326 e. The molecule has 8 heteroatoms. The number of carbonyl (C=O) groups is 3. The molecule has 0 saturated carbocycles. The van der Waals surface area contributed by atoms with Crippen molar-refractivity contribution < 1.29 is 29.7 Å². The van der Waals surface area contributed by atoms with Gasteiger partial charge in [0.2, 0.25) is 5.91 Å². The van der Waals surface area contributed by atoms with Crippen LogP contribution in [0.3, 0.4) is 0 Å². The van der Waals surface area contributed by atoms with Crippen LogP contribution in [0.15, 0.2) is 0 Å². The number of aliphatic hydroxyl groups is 1. The van der Waals surface area contributed by atoms with Gasteiger partial charge in [0.15, 0.2) is 0 Å². The third kappa shape index (κ3) is 5.27. The first-order valence-electron chi connectivity index (χ1n) is 4.50. The van der Waals surface area contributed by atoms with Crippen LogP contribution >= 0.6 is 0 Å². The summed E-state index contributed by atoms with van der Waals surface area (Å²) in [7, 11) is 0. The van der Waals surface area contributed by atoms with Crippen LogP contribution in [-0.2, 0) is 14.4 Å². The third-order valence-corrected chi connectivity index (χ3v) is 1.76. The van der Waals surface area contributed by atoms with Gasteiger partial charge in [-0.2, -0.15) is 0 Å². The largest absolute Gasteiger partial charge is 0.481 e. The van der Waals surface area contributed by atoms with E-state index in [4.69, 9.17) is 21.1 Å². The molecule has 0 spiro atoms. The van der Waals surface area contributed by atoms with Crippen LogP contribution in [0.25, 0.3) is 0 Å². The summed E-state index contributed by atoms with van der Waals surface area (Å²) < 4.78 is 0. The Kier molecular flexibility index (Phi) is 6.04. The van der Waals surface area contributed by atoms with Gasteiger partial charge in [-0.15, -0.1) is 0 Å². The van der Waals surface area contributed by atoms with E-state index in [1.165, 1.54) is 0 Å². The molecular weight excluding hydrogens is 220 g/mol. The lowest BCUT2D eigenvalue weighted by Crippen LogP contribution is -2.49. The number of rotatable bonds is 7. The summed E-state index contributed by atoms with van der Waals surface area (Å²) in [5, 5.41) is 27.6. The van der Waals surface area contributed by atoms with Gasteiger partial charge in [-0.3, -0.25) is 9.59 Å². The summed E-state index contributed by atoms with van der Waals surface area (Å²) in [6, 6.07) is -2.57. The Morgan fingerprint density at radius 2 is 1.81 bits per heavy atom. The number of carboxylic acid groups (broad SMARTS) is 2. The second-order valence-electron chi connectivity index (χ2n) is 3.12. The van der Waals surface area contributed by atoms with E-state index in [2.05, 4.69) is 0 Å². The highest BCUT2D eigenvalue weighted by Gasteiger charge is 2.23. The Morgan fingerprint density at radius 1 is 1.25 bits per heavy atom. The minimum absolute atomic E-state index is 0.166. The van der Waals surface area contributed by atoms with E-state index in [1.54, 1.807) is 0 Å². The van der Waals surface area contributed by atoms with Crippen molar-refractivity contribution in [3.8, 4) is 0 Å². The number of aliphatic carboxylic acids is 2. The average molecular weight is 234 g/mol. The molecule has 0 heterocycles. The lowest BCUT2D eigenvalue weighted by molar-refractivity contribution is -0.143. The molecular formula is C8H14N2O6. The number of carbonyl (C=O) groups excluding carboxylic acids is 1. The van der Waals surface area contributed by atoms with E-state index < -0.39 is 43.0 Å². The Balaban J connectivity index is 4.28. The minimum Gasteiger partial charge on any atom is -0.481 e. The maximum absolute atomic E-state index is 11.2. The fourth-order valence-corrected chi connectivity index (χ4v) is 0.946. The standard InChI is InChI=1S/C8H14N2O6/c9-4(3-6(12)13)7(14)10-5(1-2-11)8(15)16/h4-5,11H,1-3,9H2,(H,10,14)(H,12,13)(H,15,16)/t4-,5-/m0/s1. The van der Waals surface area contributed by atoms with Gasteiger partial charge in [0.05, 0.1) is 12.5 Å². The summed E-state index contributed by atoms with van der Waals surface area (Å²) in [6.07, 6.45) is -0.752. The van der Waals surface area contributed by atoms with E-state index in [0.717, 1.165) is 0 Å². The molecule has 8 nitrogen and oxygen atoms in total. The van der Waals surface area contributed by atoms with Crippen LogP contribution in [0, 0.1) is 0 Å². The molecule has 0 aliphatic rings. The zero-order chi connectivity index (χ0) is 12.7. The summed E-state index contributed by atoms with van der Waals surface area (Å²) >= 11 is 0. The second-order valence-corrected chi connectivity index (χ2v) is 3.12. The number of amides is 1. The van der Waals surface area contributed by atoms with Gasteiger partial charge >= 0.3 is 11.9 Å². The van der Waals surface area contributed by atoms with Crippen molar-refractivity contribution >= 4 is 17.8 Å².